The van der Waals surface area contributed by atoms with Gasteiger partial charge in [-0.2, -0.15) is 0 Å². The van der Waals surface area contributed by atoms with Crippen molar-refractivity contribution in [2.45, 2.75) is 34.1 Å². The highest BCUT2D eigenvalue weighted by atomic mass is 16.2. The molecule has 1 N–H and O–H groups in total. The summed E-state index contributed by atoms with van der Waals surface area (Å²) in [5.41, 5.74) is 2.21. The molecule has 0 radical (unpaired) electrons. The van der Waals surface area contributed by atoms with Crippen molar-refractivity contribution in [2.75, 3.05) is 13.1 Å². The van der Waals surface area contributed by atoms with Gasteiger partial charge in [0.2, 0.25) is 5.91 Å². The van der Waals surface area contributed by atoms with E-state index in [4.69, 9.17) is 0 Å². The molecular formula is C18H26N2O. The molecule has 0 aliphatic heterocycles. The van der Waals surface area contributed by atoms with Gasteiger partial charge in [-0.3, -0.25) is 4.79 Å². The number of carbonyl (C=O) groups excluding carboxylic acids is 1. The van der Waals surface area contributed by atoms with Gasteiger partial charge in [0, 0.05) is 24.8 Å². The zero-order valence-corrected chi connectivity index (χ0v) is 13.5. The minimum Gasteiger partial charge on any atom is -0.361 e. The summed E-state index contributed by atoms with van der Waals surface area (Å²) in [4.78, 5) is 17.8. The first kappa shape index (κ1) is 15.6. The number of nitrogens with zero attached hydrogens (tertiary/aromatic N) is 1. The van der Waals surface area contributed by atoms with E-state index in [1.54, 1.807) is 0 Å². The molecule has 1 heterocycles. The molecule has 0 spiro atoms. The number of aromatic amines is 1. The van der Waals surface area contributed by atoms with Gasteiger partial charge >= 0.3 is 0 Å². The summed E-state index contributed by atoms with van der Waals surface area (Å²) in [7, 11) is 0. The number of carbonyl (C=O) groups is 1. The summed E-state index contributed by atoms with van der Waals surface area (Å²) >= 11 is 0. The van der Waals surface area contributed by atoms with Crippen LogP contribution in [0.5, 0.6) is 0 Å². The maximum Gasteiger partial charge on any atom is 0.227 e. The third kappa shape index (κ3) is 4.35. The fraction of sp³-hybridized carbons (Fsp3) is 0.500. The van der Waals surface area contributed by atoms with Crippen LogP contribution in [0.1, 0.15) is 33.3 Å². The van der Waals surface area contributed by atoms with E-state index >= 15 is 0 Å². The van der Waals surface area contributed by atoms with Crippen molar-refractivity contribution in [2.24, 2.45) is 11.8 Å². The molecule has 2 rings (SSSR count). The number of benzene rings is 1. The minimum absolute atomic E-state index is 0.229. The van der Waals surface area contributed by atoms with Gasteiger partial charge in [0.25, 0.3) is 0 Å². The number of nitrogens with one attached hydrogen (secondary N) is 1. The Morgan fingerprint density at radius 2 is 1.76 bits per heavy atom. The first-order chi connectivity index (χ1) is 9.95. The largest absolute Gasteiger partial charge is 0.361 e. The van der Waals surface area contributed by atoms with E-state index in [0.29, 0.717) is 18.3 Å². The lowest BCUT2D eigenvalue weighted by molar-refractivity contribution is -0.131. The molecule has 0 atom stereocenters. The Morgan fingerprint density at radius 3 is 2.38 bits per heavy atom. The van der Waals surface area contributed by atoms with Crippen LogP contribution in [-0.2, 0) is 11.2 Å². The van der Waals surface area contributed by atoms with Crippen LogP contribution >= 0.6 is 0 Å². The molecular weight excluding hydrogens is 260 g/mol. The Balaban J connectivity index is 2.09. The van der Waals surface area contributed by atoms with Crippen LogP contribution < -0.4 is 0 Å². The van der Waals surface area contributed by atoms with E-state index in [9.17, 15) is 4.79 Å². The van der Waals surface area contributed by atoms with Crippen molar-refractivity contribution in [3.8, 4) is 0 Å². The number of H-pyrrole nitrogens is 1. The minimum atomic E-state index is 0.229. The van der Waals surface area contributed by atoms with Crippen LogP contribution in [0.2, 0.25) is 0 Å². The predicted molar refractivity (Wildman–Crippen MR) is 88.3 cm³/mol. The lowest BCUT2D eigenvalue weighted by Crippen LogP contribution is -2.37. The van der Waals surface area contributed by atoms with E-state index in [2.05, 4.69) is 38.7 Å². The molecule has 0 aliphatic rings. The topological polar surface area (TPSA) is 36.1 Å². The smallest absolute Gasteiger partial charge is 0.227 e. The van der Waals surface area contributed by atoms with Crippen molar-refractivity contribution < 1.29 is 4.79 Å². The van der Waals surface area contributed by atoms with Crippen LogP contribution in [0.4, 0.5) is 0 Å². The summed E-state index contributed by atoms with van der Waals surface area (Å²) in [6.07, 6.45) is 2.42. The van der Waals surface area contributed by atoms with E-state index in [-0.39, 0.29) is 5.91 Å². The Kier molecular flexibility index (Phi) is 5.05. The van der Waals surface area contributed by atoms with Gasteiger partial charge in [-0.1, -0.05) is 33.8 Å². The maximum absolute atomic E-state index is 12.6. The number of amides is 1. The van der Waals surface area contributed by atoms with E-state index in [1.807, 2.05) is 29.3 Å². The van der Waals surface area contributed by atoms with Gasteiger partial charge in [0.15, 0.2) is 0 Å². The average Bonchev–Trinajstić information content (AvgIpc) is 2.84. The third-order valence-electron chi connectivity index (χ3n) is 3.50. The molecule has 0 saturated heterocycles. The summed E-state index contributed by atoms with van der Waals surface area (Å²) in [6, 6.07) is 8.24. The number of hydrogen-bond acceptors (Lipinski definition) is 1. The summed E-state index contributed by atoms with van der Waals surface area (Å²) in [5, 5.41) is 1.17. The van der Waals surface area contributed by atoms with Gasteiger partial charge in [-0.15, -0.1) is 0 Å². The molecule has 114 valence electrons. The van der Waals surface area contributed by atoms with Crippen LogP contribution in [0.3, 0.4) is 0 Å². The Bertz CT molecular complexity index is 588. The molecule has 1 aromatic heterocycles. The molecule has 0 aliphatic carbocycles. The highest BCUT2D eigenvalue weighted by Crippen LogP contribution is 2.16. The maximum atomic E-state index is 12.6. The van der Waals surface area contributed by atoms with Gasteiger partial charge in [-0.05, 0) is 41.0 Å². The third-order valence-corrected chi connectivity index (χ3v) is 3.50. The van der Waals surface area contributed by atoms with Crippen LogP contribution in [0.15, 0.2) is 30.5 Å². The van der Waals surface area contributed by atoms with Crippen molar-refractivity contribution in [3.05, 3.63) is 36.0 Å². The Labute approximate surface area is 127 Å². The van der Waals surface area contributed by atoms with Crippen molar-refractivity contribution in [3.63, 3.8) is 0 Å². The highest BCUT2D eigenvalue weighted by Gasteiger charge is 2.16. The number of fused-ring (bicyclic) bond motifs is 1. The van der Waals surface area contributed by atoms with Crippen LogP contribution in [0, 0.1) is 11.8 Å². The van der Waals surface area contributed by atoms with Crippen LogP contribution in [0.25, 0.3) is 10.9 Å². The molecule has 0 bridgehead atoms. The first-order valence-corrected chi connectivity index (χ1v) is 7.79. The fourth-order valence-corrected chi connectivity index (χ4v) is 2.66. The number of rotatable bonds is 6. The van der Waals surface area contributed by atoms with Crippen molar-refractivity contribution in [1.29, 1.82) is 0 Å². The average molecular weight is 286 g/mol. The second kappa shape index (κ2) is 6.79. The second-order valence-corrected chi connectivity index (χ2v) is 6.66. The molecule has 1 amide bonds. The van der Waals surface area contributed by atoms with E-state index in [1.165, 1.54) is 5.39 Å². The van der Waals surface area contributed by atoms with Crippen molar-refractivity contribution in [1.82, 2.24) is 9.88 Å². The molecule has 0 unspecified atom stereocenters. The predicted octanol–water partition coefficient (Wildman–Crippen LogP) is 3.85. The SMILES string of the molecule is CC(C)CN(CC(C)C)C(=O)Cc1ccc2[nH]ccc2c1. The normalized spacial score (nSPS) is 11.5. The monoisotopic (exact) mass is 286 g/mol. The van der Waals surface area contributed by atoms with E-state index < -0.39 is 0 Å². The number of aromatic nitrogens is 1. The fourth-order valence-electron chi connectivity index (χ4n) is 2.66. The van der Waals surface area contributed by atoms with E-state index in [0.717, 1.165) is 24.2 Å². The summed E-state index contributed by atoms with van der Waals surface area (Å²) < 4.78 is 0. The first-order valence-electron chi connectivity index (χ1n) is 7.79. The number of hydrogen-bond donors (Lipinski definition) is 1. The summed E-state index contributed by atoms with van der Waals surface area (Å²) in [5.74, 6) is 1.23. The quantitative estimate of drug-likeness (QED) is 0.860. The molecule has 2 aromatic rings. The zero-order chi connectivity index (χ0) is 15.4. The molecule has 3 heteroatoms. The molecule has 1 aromatic carbocycles. The lowest BCUT2D eigenvalue weighted by atomic mass is 10.1. The molecule has 21 heavy (non-hydrogen) atoms. The van der Waals surface area contributed by atoms with Gasteiger partial charge < -0.3 is 9.88 Å². The standard InChI is InChI=1S/C18H26N2O/c1-13(2)11-20(12-14(3)4)18(21)10-15-5-6-17-16(9-15)7-8-19-17/h5-9,13-14,19H,10-12H2,1-4H3. The van der Waals surface area contributed by atoms with Gasteiger partial charge in [0.05, 0.1) is 6.42 Å². The Morgan fingerprint density at radius 1 is 1.10 bits per heavy atom. The Hall–Kier alpha value is -1.77. The molecule has 3 nitrogen and oxygen atoms in total. The molecule has 0 fully saturated rings. The summed E-state index contributed by atoms with van der Waals surface area (Å²) in [6.45, 7) is 10.3. The van der Waals surface area contributed by atoms with Gasteiger partial charge in [0.1, 0.15) is 0 Å². The zero-order valence-electron chi connectivity index (χ0n) is 13.5. The highest BCUT2D eigenvalue weighted by molar-refractivity contribution is 5.83. The van der Waals surface area contributed by atoms with Crippen LogP contribution in [-0.4, -0.2) is 28.9 Å². The van der Waals surface area contributed by atoms with Crippen molar-refractivity contribution >= 4 is 16.8 Å². The lowest BCUT2D eigenvalue weighted by Gasteiger charge is -2.26. The molecule has 0 saturated carbocycles. The second-order valence-electron chi connectivity index (χ2n) is 6.66. The van der Waals surface area contributed by atoms with Gasteiger partial charge in [-0.25, -0.2) is 0 Å².